The predicted octanol–water partition coefficient (Wildman–Crippen LogP) is 6.70. The minimum Gasteiger partial charge on any atom is -0.285 e. The fraction of sp³-hybridized carbons (Fsp3) is 0.318. The van der Waals surface area contributed by atoms with Gasteiger partial charge in [0, 0.05) is 18.7 Å². The van der Waals surface area contributed by atoms with Gasteiger partial charge in [0.2, 0.25) is 0 Å². The average molecular weight is 628 g/mol. The minimum atomic E-state index is -5.19. The Morgan fingerprint density at radius 1 is 0.974 bits per heavy atom. The van der Waals surface area contributed by atoms with Gasteiger partial charge in [-0.15, -0.1) is 0 Å². The molecule has 1 atom stereocenters. The van der Waals surface area contributed by atoms with E-state index in [1.165, 1.54) is 0 Å². The number of amides is 1. The zero-order valence-corrected chi connectivity index (χ0v) is 21.8. The normalized spacial score (nSPS) is 17.8. The molecule has 2 aromatic rings. The van der Waals surface area contributed by atoms with E-state index >= 15 is 0 Å². The summed E-state index contributed by atoms with van der Waals surface area (Å²) in [5, 5.41) is 0.183. The maximum atomic E-state index is 15.0. The molecule has 1 fully saturated rings. The monoisotopic (exact) mass is 626 g/mol. The molecule has 1 N–H and O–H groups in total. The van der Waals surface area contributed by atoms with E-state index in [1.807, 2.05) is 0 Å². The molecule has 38 heavy (non-hydrogen) atoms. The van der Waals surface area contributed by atoms with Crippen molar-refractivity contribution in [2.24, 2.45) is 0 Å². The van der Waals surface area contributed by atoms with Crippen molar-refractivity contribution in [3.05, 3.63) is 73.7 Å². The maximum absolute atomic E-state index is 15.0. The van der Waals surface area contributed by atoms with Crippen LogP contribution in [0.25, 0.3) is 5.83 Å². The molecule has 0 aromatic heterocycles. The highest BCUT2D eigenvalue weighted by Gasteiger charge is 2.41. The van der Waals surface area contributed by atoms with Crippen molar-refractivity contribution in [3.8, 4) is 0 Å². The summed E-state index contributed by atoms with van der Waals surface area (Å²) in [4.78, 5) is 12.5. The van der Waals surface area contributed by atoms with Crippen molar-refractivity contribution in [1.29, 1.82) is 0 Å². The number of nitrogens with one attached hydrogen (secondary N) is 1. The first-order valence-corrected chi connectivity index (χ1v) is 13.4. The van der Waals surface area contributed by atoms with Crippen LogP contribution >= 0.6 is 34.8 Å². The number of carbonyl (C=O) groups is 1. The van der Waals surface area contributed by atoms with Crippen molar-refractivity contribution in [2.45, 2.75) is 18.3 Å². The topological polar surface area (TPSA) is 66.5 Å². The van der Waals surface area contributed by atoms with Crippen molar-refractivity contribution < 1.29 is 43.9 Å². The number of sulfone groups is 1. The van der Waals surface area contributed by atoms with Crippen LogP contribution in [0.1, 0.15) is 33.0 Å². The van der Waals surface area contributed by atoms with E-state index in [0.717, 1.165) is 17.1 Å². The molecule has 208 valence electrons. The third-order valence-electron chi connectivity index (χ3n) is 5.48. The van der Waals surface area contributed by atoms with Gasteiger partial charge in [-0.25, -0.2) is 17.8 Å². The molecule has 3 rings (SSSR count). The molecule has 0 bridgehead atoms. The summed E-state index contributed by atoms with van der Waals surface area (Å²) in [6.07, 6.45) is -10.2. The largest absolute Gasteiger partial charge is 0.417 e. The lowest BCUT2D eigenvalue weighted by Gasteiger charge is -2.27. The second-order valence-corrected chi connectivity index (χ2v) is 11.7. The summed E-state index contributed by atoms with van der Waals surface area (Å²) in [6.45, 7) is -0.329. The van der Waals surface area contributed by atoms with E-state index in [-0.39, 0.29) is 51.8 Å². The van der Waals surface area contributed by atoms with Crippen molar-refractivity contribution in [3.63, 3.8) is 0 Å². The molecule has 2 aromatic carbocycles. The Morgan fingerprint density at radius 3 is 2.03 bits per heavy atom. The van der Waals surface area contributed by atoms with Crippen LogP contribution in [-0.2, 0) is 16.0 Å². The first kappa shape index (κ1) is 30.5. The highest BCUT2D eigenvalue weighted by Crippen LogP contribution is 2.42. The number of hydrazine groups is 1. The summed E-state index contributed by atoms with van der Waals surface area (Å²) in [6, 6.07) is 3.14. The Bertz CT molecular complexity index is 1340. The van der Waals surface area contributed by atoms with Crippen molar-refractivity contribution in [2.75, 3.05) is 24.6 Å². The summed E-state index contributed by atoms with van der Waals surface area (Å²) < 4.78 is 120. The zero-order chi connectivity index (χ0) is 28.6. The van der Waals surface area contributed by atoms with Gasteiger partial charge in [0.15, 0.2) is 9.84 Å². The molecule has 1 unspecified atom stereocenters. The van der Waals surface area contributed by atoms with Gasteiger partial charge in [-0.2, -0.15) is 26.3 Å². The Hall–Kier alpha value is -2.06. The standard InChI is InChI=1S/C22H16Cl3F7N2O3S/c23-16-8-12(9-17(24)19(16)25)14(21(27,28)29)10-18(26)11-1-2-13(15(7-11)22(30,31)32)20(35)33-34-3-5-38(36,37)6-4-34/h1-2,7-10,14H,3-6H2,(H,33,35)/b18-10-. The molecule has 5 nitrogen and oxygen atoms in total. The number of hydrogen-bond donors (Lipinski definition) is 1. The maximum Gasteiger partial charge on any atom is 0.417 e. The van der Waals surface area contributed by atoms with Crippen LogP contribution in [0.3, 0.4) is 0 Å². The van der Waals surface area contributed by atoms with Crippen LogP contribution in [0.5, 0.6) is 0 Å². The Balaban J connectivity index is 1.97. The van der Waals surface area contributed by atoms with Crippen LogP contribution in [0.2, 0.25) is 15.1 Å². The molecule has 1 amide bonds. The summed E-state index contributed by atoms with van der Waals surface area (Å²) >= 11 is 17.3. The molecule has 1 heterocycles. The van der Waals surface area contributed by atoms with Gasteiger partial charge in [0.1, 0.15) is 11.7 Å². The fourth-order valence-electron chi connectivity index (χ4n) is 3.53. The molecule has 1 aliphatic heterocycles. The lowest BCUT2D eigenvalue weighted by atomic mass is 9.95. The molecule has 16 heteroatoms. The Labute approximate surface area is 227 Å². The van der Waals surface area contributed by atoms with Crippen molar-refractivity contribution in [1.82, 2.24) is 10.4 Å². The number of alkyl halides is 6. The van der Waals surface area contributed by atoms with Gasteiger partial charge in [0.05, 0.1) is 37.7 Å². The van der Waals surface area contributed by atoms with Crippen LogP contribution in [-0.4, -0.2) is 50.1 Å². The van der Waals surface area contributed by atoms with E-state index in [9.17, 15) is 43.9 Å². The highest BCUT2D eigenvalue weighted by atomic mass is 35.5. The first-order valence-electron chi connectivity index (χ1n) is 10.5. The van der Waals surface area contributed by atoms with E-state index < -0.39 is 62.1 Å². The molecule has 0 saturated carbocycles. The molecule has 1 saturated heterocycles. The predicted molar refractivity (Wildman–Crippen MR) is 128 cm³/mol. The van der Waals surface area contributed by atoms with E-state index in [4.69, 9.17) is 34.8 Å². The number of nitrogens with zero attached hydrogens (tertiary/aromatic N) is 1. The van der Waals surface area contributed by atoms with Crippen LogP contribution in [0, 0.1) is 0 Å². The SMILES string of the molecule is O=C(NN1CCS(=O)(=O)CC1)c1ccc(/C(F)=C/C(c2cc(Cl)c(Cl)c(Cl)c2)C(F)(F)F)cc1C(F)(F)F. The fourth-order valence-corrected chi connectivity index (χ4v) is 5.34. The number of halogens is 10. The van der Waals surface area contributed by atoms with Gasteiger partial charge in [-0.05, 0) is 35.9 Å². The Morgan fingerprint density at radius 2 is 1.53 bits per heavy atom. The molecule has 0 spiro atoms. The molecule has 1 aliphatic rings. The summed E-state index contributed by atoms with van der Waals surface area (Å²) in [7, 11) is -3.33. The number of benzene rings is 2. The smallest absolute Gasteiger partial charge is 0.285 e. The highest BCUT2D eigenvalue weighted by molar-refractivity contribution is 7.91. The minimum absolute atomic E-state index is 0.0549. The number of hydrogen-bond acceptors (Lipinski definition) is 4. The van der Waals surface area contributed by atoms with Crippen molar-refractivity contribution >= 4 is 56.4 Å². The second kappa shape index (κ2) is 11.2. The lowest BCUT2D eigenvalue weighted by molar-refractivity contribution is -0.140. The third kappa shape index (κ3) is 7.32. The molecular formula is C22H16Cl3F7N2O3S. The summed E-state index contributed by atoms with van der Waals surface area (Å²) in [5.41, 5.74) is -1.87. The van der Waals surface area contributed by atoms with Crippen LogP contribution in [0.4, 0.5) is 30.7 Å². The third-order valence-corrected chi connectivity index (χ3v) is 8.29. The summed E-state index contributed by atoms with van der Waals surface area (Å²) in [5.74, 6) is -6.21. The van der Waals surface area contributed by atoms with Gasteiger partial charge in [-0.1, -0.05) is 40.9 Å². The lowest BCUT2D eigenvalue weighted by Crippen LogP contribution is -2.50. The van der Waals surface area contributed by atoms with E-state index in [2.05, 4.69) is 5.43 Å². The average Bonchev–Trinajstić information content (AvgIpc) is 2.80. The number of carbonyl (C=O) groups excluding carboxylic acids is 1. The van der Waals surface area contributed by atoms with E-state index in [0.29, 0.717) is 12.1 Å². The van der Waals surface area contributed by atoms with Gasteiger partial charge in [0.25, 0.3) is 5.91 Å². The van der Waals surface area contributed by atoms with Gasteiger partial charge < -0.3 is 0 Å². The van der Waals surface area contributed by atoms with Crippen LogP contribution in [0.15, 0.2) is 36.4 Å². The van der Waals surface area contributed by atoms with Crippen LogP contribution < -0.4 is 5.43 Å². The quantitative estimate of drug-likeness (QED) is 0.296. The van der Waals surface area contributed by atoms with Gasteiger partial charge >= 0.3 is 12.4 Å². The molecule has 0 radical (unpaired) electrons. The zero-order valence-electron chi connectivity index (χ0n) is 18.7. The van der Waals surface area contributed by atoms with Gasteiger partial charge in [-0.3, -0.25) is 10.2 Å². The molecular weight excluding hydrogens is 612 g/mol. The van der Waals surface area contributed by atoms with E-state index in [1.54, 1.807) is 0 Å². The first-order chi connectivity index (χ1) is 17.4. The Kier molecular flexibility index (Phi) is 8.99. The molecule has 0 aliphatic carbocycles. The number of rotatable bonds is 5. The second-order valence-electron chi connectivity index (χ2n) is 8.17. The number of allylic oxidation sites excluding steroid dienone is 1.